The van der Waals surface area contributed by atoms with Crippen molar-refractivity contribution in [1.29, 1.82) is 0 Å². The van der Waals surface area contributed by atoms with Crippen molar-refractivity contribution in [2.45, 2.75) is 13.8 Å². The molecule has 4 nitrogen and oxygen atoms in total. The fraction of sp³-hybridized carbons (Fsp3) is 0.100. The monoisotopic (exact) mass is 320 g/mol. The summed E-state index contributed by atoms with van der Waals surface area (Å²) in [6, 6.07) is 18.9. The lowest BCUT2D eigenvalue weighted by atomic mass is 10.0. The van der Waals surface area contributed by atoms with Crippen LogP contribution in [0.1, 0.15) is 21.7 Å². The standard InChI is InChI=1S/C20H17NO3/c1-13-10-16(15-6-4-3-5-7-15)11-14(2)21(13)17-8-9-18(20(23)24)19(22)12-17/h3-12H,1-2H3,(H-,22,23,24)/p+1. The van der Waals surface area contributed by atoms with Gasteiger partial charge in [-0.25, -0.2) is 4.79 Å². The Morgan fingerprint density at radius 3 is 2.04 bits per heavy atom. The average Bonchev–Trinajstić information content (AvgIpc) is 2.54. The molecule has 0 saturated heterocycles. The molecular formula is C20H18NO3+. The molecule has 0 spiro atoms. The molecule has 4 heteroatoms. The van der Waals surface area contributed by atoms with E-state index in [-0.39, 0.29) is 11.3 Å². The average molecular weight is 320 g/mol. The molecular weight excluding hydrogens is 302 g/mol. The number of rotatable bonds is 3. The minimum atomic E-state index is -1.14. The van der Waals surface area contributed by atoms with Crippen LogP contribution in [0.25, 0.3) is 16.8 Å². The van der Waals surface area contributed by atoms with E-state index in [2.05, 4.69) is 24.3 Å². The molecule has 0 saturated carbocycles. The number of carboxylic acid groups (broad SMARTS) is 1. The molecule has 0 aliphatic heterocycles. The molecule has 3 aromatic rings. The van der Waals surface area contributed by atoms with Gasteiger partial charge in [-0.05, 0) is 17.2 Å². The van der Waals surface area contributed by atoms with Crippen LogP contribution in [0, 0.1) is 13.8 Å². The van der Waals surface area contributed by atoms with Crippen molar-refractivity contribution in [2.24, 2.45) is 0 Å². The second-order valence-electron chi connectivity index (χ2n) is 5.73. The van der Waals surface area contributed by atoms with Gasteiger partial charge in [0.05, 0.1) is 6.07 Å². The zero-order valence-electron chi connectivity index (χ0n) is 13.5. The molecule has 0 bridgehead atoms. The second kappa shape index (κ2) is 6.16. The predicted molar refractivity (Wildman–Crippen MR) is 91.5 cm³/mol. The van der Waals surface area contributed by atoms with E-state index in [4.69, 9.17) is 5.11 Å². The van der Waals surface area contributed by atoms with Gasteiger partial charge in [0.1, 0.15) is 11.3 Å². The Hall–Kier alpha value is -3.14. The Bertz CT molecular complexity index is 894. The molecule has 1 heterocycles. The first kappa shape index (κ1) is 15.7. The maximum absolute atomic E-state index is 11.0. The third-order valence-electron chi connectivity index (χ3n) is 4.01. The number of hydrogen-bond donors (Lipinski definition) is 2. The number of carboxylic acids is 1. The van der Waals surface area contributed by atoms with E-state index in [1.54, 1.807) is 6.07 Å². The summed E-state index contributed by atoms with van der Waals surface area (Å²) in [6.45, 7) is 3.98. The number of hydrogen-bond acceptors (Lipinski definition) is 2. The Labute approximate surface area is 140 Å². The highest BCUT2D eigenvalue weighted by Crippen LogP contribution is 2.23. The van der Waals surface area contributed by atoms with E-state index in [0.29, 0.717) is 0 Å². The summed E-state index contributed by atoms with van der Waals surface area (Å²) in [6.07, 6.45) is 0. The topological polar surface area (TPSA) is 61.4 Å². The van der Waals surface area contributed by atoms with Gasteiger partial charge in [0.25, 0.3) is 0 Å². The number of pyridine rings is 1. The van der Waals surface area contributed by atoms with Gasteiger partial charge in [0.2, 0.25) is 5.69 Å². The van der Waals surface area contributed by atoms with Gasteiger partial charge in [-0.15, -0.1) is 0 Å². The van der Waals surface area contributed by atoms with Crippen molar-refractivity contribution in [3.63, 3.8) is 0 Å². The number of aryl methyl sites for hydroxylation is 2. The fourth-order valence-electron chi connectivity index (χ4n) is 2.94. The lowest BCUT2D eigenvalue weighted by Crippen LogP contribution is -2.37. The van der Waals surface area contributed by atoms with Gasteiger partial charge >= 0.3 is 5.97 Å². The van der Waals surface area contributed by atoms with Crippen LogP contribution >= 0.6 is 0 Å². The molecule has 120 valence electrons. The number of benzene rings is 2. The van der Waals surface area contributed by atoms with Crippen LogP contribution in [0.15, 0.2) is 60.7 Å². The van der Waals surface area contributed by atoms with E-state index in [1.165, 1.54) is 12.1 Å². The lowest BCUT2D eigenvalue weighted by Gasteiger charge is -2.08. The van der Waals surface area contributed by atoms with Crippen molar-refractivity contribution in [2.75, 3.05) is 0 Å². The van der Waals surface area contributed by atoms with Gasteiger partial charge in [-0.2, -0.15) is 4.57 Å². The molecule has 0 aliphatic rings. The molecule has 0 atom stereocenters. The normalized spacial score (nSPS) is 10.6. The summed E-state index contributed by atoms with van der Waals surface area (Å²) in [4.78, 5) is 11.0. The quantitative estimate of drug-likeness (QED) is 0.724. The second-order valence-corrected chi connectivity index (χ2v) is 5.73. The zero-order valence-corrected chi connectivity index (χ0v) is 13.5. The minimum absolute atomic E-state index is 0.101. The van der Waals surface area contributed by atoms with Crippen LogP contribution in [0.5, 0.6) is 5.75 Å². The molecule has 3 rings (SSSR count). The first-order valence-corrected chi connectivity index (χ1v) is 7.63. The molecule has 24 heavy (non-hydrogen) atoms. The van der Waals surface area contributed by atoms with E-state index >= 15 is 0 Å². The Morgan fingerprint density at radius 1 is 0.875 bits per heavy atom. The largest absolute Gasteiger partial charge is 0.507 e. The summed E-state index contributed by atoms with van der Waals surface area (Å²) < 4.78 is 1.98. The SMILES string of the molecule is Cc1cc(-c2ccccc2)cc(C)[n+]1-c1ccc(C(=O)O)c(O)c1. The van der Waals surface area contributed by atoms with Gasteiger partial charge in [0.15, 0.2) is 11.4 Å². The minimum Gasteiger partial charge on any atom is -0.507 e. The Kier molecular flexibility index (Phi) is 4.04. The highest BCUT2D eigenvalue weighted by Gasteiger charge is 2.19. The summed E-state index contributed by atoms with van der Waals surface area (Å²) in [5.41, 5.74) is 4.88. The van der Waals surface area contributed by atoms with E-state index in [0.717, 1.165) is 28.2 Å². The molecule has 0 fully saturated rings. The lowest BCUT2D eigenvalue weighted by molar-refractivity contribution is -0.609. The van der Waals surface area contributed by atoms with Crippen molar-refractivity contribution in [3.8, 4) is 22.6 Å². The van der Waals surface area contributed by atoms with Crippen LogP contribution in [0.4, 0.5) is 0 Å². The number of carbonyl (C=O) groups is 1. The molecule has 0 unspecified atom stereocenters. The number of aromatic nitrogens is 1. The third-order valence-corrected chi connectivity index (χ3v) is 4.01. The van der Waals surface area contributed by atoms with Gasteiger partial charge in [-0.1, -0.05) is 30.3 Å². The van der Waals surface area contributed by atoms with Crippen LogP contribution in [0.3, 0.4) is 0 Å². The maximum atomic E-state index is 11.0. The van der Waals surface area contributed by atoms with E-state index in [9.17, 15) is 9.90 Å². The van der Waals surface area contributed by atoms with E-state index in [1.807, 2.05) is 36.6 Å². The number of phenols is 1. The fourth-order valence-corrected chi connectivity index (χ4v) is 2.94. The summed E-state index contributed by atoms with van der Waals surface area (Å²) in [5.74, 6) is -1.38. The first-order valence-electron chi connectivity index (χ1n) is 7.63. The molecule has 2 N–H and O–H groups in total. The summed E-state index contributed by atoms with van der Waals surface area (Å²) >= 11 is 0. The number of nitrogens with zero attached hydrogens (tertiary/aromatic N) is 1. The molecule has 2 aromatic carbocycles. The highest BCUT2D eigenvalue weighted by atomic mass is 16.4. The zero-order chi connectivity index (χ0) is 17.3. The Balaban J connectivity index is 2.10. The molecule has 1 aromatic heterocycles. The summed E-state index contributed by atoms with van der Waals surface area (Å²) in [7, 11) is 0. The highest BCUT2D eigenvalue weighted by molar-refractivity contribution is 5.90. The van der Waals surface area contributed by atoms with Crippen LogP contribution in [0.2, 0.25) is 0 Å². The van der Waals surface area contributed by atoms with Gasteiger partial charge in [0, 0.05) is 32.0 Å². The number of aromatic hydroxyl groups is 1. The van der Waals surface area contributed by atoms with Crippen molar-refractivity contribution in [1.82, 2.24) is 0 Å². The Morgan fingerprint density at radius 2 is 1.50 bits per heavy atom. The number of aromatic carboxylic acids is 1. The van der Waals surface area contributed by atoms with Crippen LogP contribution < -0.4 is 4.57 Å². The molecule has 0 aliphatic carbocycles. The van der Waals surface area contributed by atoms with Gasteiger partial charge in [-0.3, -0.25) is 0 Å². The van der Waals surface area contributed by atoms with Crippen LogP contribution in [-0.2, 0) is 0 Å². The van der Waals surface area contributed by atoms with Gasteiger partial charge < -0.3 is 10.2 Å². The van der Waals surface area contributed by atoms with Crippen molar-refractivity contribution < 1.29 is 19.6 Å². The molecule has 0 radical (unpaired) electrons. The maximum Gasteiger partial charge on any atom is 0.339 e. The summed E-state index contributed by atoms with van der Waals surface area (Å²) in [5, 5.41) is 19.0. The predicted octanol–water partition coefficient (Wildman–Crippen LogP) is 3.65. The smallest absolute Gasteiger partial charge is 0.339 e. The van der Waals surface area contributed by atoms with Crippen LogP contribution in [-0.4, -0.2) is 16.2 Å². The first-order chi connectivity index (χ1) is 11.5. The van der Waals surface area contributed by atoms with Crippen molar-refractivity contribution >= 4 is 5.97 Å². The van der Waals surface area contributed by atoms with Crippen molar-refractivity contribution in [3.05, 3.63) is 77.6 Å². The third kappa shape index (κ3) is 2.86. The van der Waals surface area contributed by atoms with E-state index < -0.39 is 5.97 Å². The molecule has 0 amide bonds.